The minimum Gasteiger partial charge on any atom is -0.493 e. The molecular weight excluding hydrogens is 262 g/mol. The monoisotopic (exact) mass is 281 g/mol. The van der Waals surface area contributed by atoms with Crippen molar-refractivity contribution in [2.24, 2.45) is 0 Å². The molecule has 0 aliphatic carbocycles. The third kappa shape index (κ3) is 2.72. The molecular formula is C18H19NO2. The van der Waals surface area contributed by atoms with E-state index in [1.165, 1.54) is 10.9 Å². The van der Waals surface area contributed by atoms with Crippen molar-refractivity contribution >= 4 is 10.9 Å². The summed E-state index contributed by atoms with van der Waals surface area (Å²) in [6, 6.07) is 14.2. The summed E-state index contributed by atoms with van der Waals surface area (Å²) in [7, 11) is 1.67. The normalized spacial score (nSPS) is 10.8. The van der Waals surface area contributed by atoms with Gasteiger partial charge < -0.3 is 14.5 Å². The third-order valence-electron chi connectivity index (χ3n) is 3.67. The van der Waals surface area contributed by atoms with Crippen LogP contribution in [0.1, 0.15) is 18.1 Å². The van der Waals surface area contributed by atoms with E-state index < -0.39 is 0 Å². The summed E-state index contributed by atoms with van der Waals surface area (Å²) >= 11 is 0. The molecule has 108 valence electrons. The topological polar surface area (TPSA) is 34.2 Å². The molecule has 0 radical (unpaired) electrons. The fourth-order valence-electron chi connectivity index (χ4n) is 2.49. The van der Waals surface area contributed by atoms with E-state index in [1.54, 1.807) is 7.11 Å². The molecule has 0 aliphatic heterocycles. The Balaban J connectivity index is 1.92. The van der Waals surface area contributed by atoms with Crippen LogP contribution in [0.3, 0.4) is 0 Å². The van der Waals surface area contributed by atoms with Crippen molar-refractivity contribution in [3.8, 4) is 11.5 Å². The van der Waals surface area contributed by atoms with Gasteiger partial charge in [-0.05, 0) is 23.6 Å². The molecule has 0 saturated carbocycles. The number of benzene rings is 2. The zero-order chi connectivity index (χ0) is 14.7. The zero-order valence-electron chi connectivity index (χ0n) is 12.3. The molecule has 1 N–H and O–H groups in total. The Kier molecular flexibility index (Phi) is 3.82. The van der Waals surface area contributed by atoms with E-state index in [0.29, 0.717) is 6.61 Å². The van der Waals surface area contributed by atoms with Crippen molar-refractivity contribution in [3.05, 3.63) is 59.8 Å². The van der Waals surface area contributed by atoms with Crippen molar-refractivity contribution in [1.29, 1.82) is 0 Å². The zero-order valence-corrected chi connectivity index (χ0v) is 12.3. The molecule has 0 unspecified atom stereocenters. The summed E-state index contributed by atoms with van der Waals surface area (Å²) in [5.41, 5.74) is 3.51. The summed E-state index contributed by atoms with van der Waals surface area (Å²) in [5.74, 6) is 1.53. The Morgan fingerprint density at radius 3 is 2.57 bits per heavy atom. The number of aryl methyl sites for hydroxylation is 1. The molecule has 0 atom stereocenters. The van der Waals surface area contributed by atoms with Crippen LogP contribution in [0.5, 0.6) is 11.5 Å². The highest BCUT2D eigenvalue weighted by Gasteiger charge is 2.10. The highest BCUT2D eigenvalue weighted by atomic mass is 16.5. The fourth-order valence-corrected chi connectivity index (χ4v) is 2.49. The molecule has 21 heavy (non-hydrogen) atoms. The first-order chi connectivity index (χ1) is 10.3. The minimum absolute atomic E-state index is 0.536. The lowest BCUT2D eigenvalue weighted by molar-refractivity contribution is 0.285. The predicted octanol–water partition coefficient (Wildman–Crippen LogP) is 4.32. The first kappa shape index (κ1) is 13.6. The quantitative estimate of drug-likeness (QED) is 0.755. The van der Waals surface area contributed by atoms with E-state index in [4.69, 9.17) is 9.47 Å². The molecule has 1 aromatic heterocycles. The van der Waals surface area contributed by atoms with Gasteiger partial charge >= 0.3 is 0 Å². The van der Waals surface area contributed by atoms with Gasteiger partial charge in [0, 0.05) is 23.2 Å². The number of nitrogens with one attached hydrogen (secondary N) is 1. The van der Waals surface area contributed by atoms with E-state index in [1.807, 2.05) is 30.5 Å². The smallest absolute Gasteiger partial charge is 0.162 e. The van der Waals surface area contributed by atoms with E-state index >= 15 is 0 Å². The van der Waals surface area contributed by atoms with Crippen LogP contribution in [-0.2, 0) is 13.0 Å². The molecule has 0 saturated heterocycles. The van der Waals surface area contributed by atoms with Crippen LogP contribution < -0.4 is 9.47 Å². The van der Waals surface area contributed by atoms with E-state index in [-0.39, 0.29) is 0 Å². The molecule has 0 fully saturated rings. The standard InChI is InChI=1S/C18H19NO2/c1-3-14-11-19-16-10-17(20-2)18(9-15(14)16)21-12-13-7-5-4-6-8-13/h4-11,19H,3,12H2,1-2H3. The van der Waals surface area contributed by atoms with Gasteiger partial charge in [-0.15, -0.1) is 0 Å². The molecule has 3 heteroatoms. The number of aromatic amines is 1. The number of hydrogen-bond acceptors (Lipinski definition) is 2. The second-order valence-electron chi connectivity index (χ2n) is 4.99. The summed E-state index contributed by atoms with van der Waals surface area (Å²) in [4.78, 5) is 3.28. The predicted molar refractivity (Wildman–Crippen MR) is 85.0 cm³/mol. The first-order valence-electron chi connectivity index (χ1n) is 7.16. The van der Waals surface area contributed by atoms with Gasteiger partial charge in [-0.25, -0.2) is 0 Å². The summed E-state index contributed by atoms with van der Waals surface area (Å²) in [6.45, 7) is 2.69. The third-order valence-corrected chi connectivity index (χ3v) is 3.67. The lowest BCUT2D eigenvalue weighted by atomic mass is 10.1. The van der Waals surface area contributed by atoms with Crippen LogP contribution in [0.15, 0.2) is 48.7 Å². The van der Waals surface area contributed by atoms with Crippen LogP contribution in [0.2, 0.25) is 0 Å². The Hall–Kier alpha value is -2.42. The molecule has 3 nitrogen and oxygen atoms in total. The molecule has 3 rings (SSSR count). The van der Waals surface area contributed by atoms with Gasteiger partial charge in [-0.1, -0.05) is 37.3 Å². The minimum atomic E-state index is 0.536. The lowest BCUT2D eigenvalue weighted by Crippen LogP contribution is -1.97. The van der Waals surface area contributed by atoms with Crippen LogP contribution in [0.4, 0.5) is 0 Å². The van der Waals surface area contributed by atoms with Crippen molar-refractivity contribution < 1.29 is 9.47 Å². The molecule has 0 amide bonds. The Morgan fingerprint density at radius 2 is 1.86 bits per heavy atom. The van der Waals surface area contributed by atoms with Gasteiger partial charge in [-0.2, -0.15) is 0 Å². The maximum Gasteiger partial charge on any atom is 0.162 e. The van der Waals surface area contributed by atoms with Gasteiger partial charge in [0.15, 0.2) is 11.5 Å². The van der Waals surface area contributed by atoms with Crippen molar-refractivity contribution in [2.45, 2.75) is 20.0 Å². The Morgan fingerprint density at radius 1 is 1.05 bits per heavy atom. The molecule has 0 bridgehead atoms. The first-order valence-corrected chi connectivity index (χ1v) is 7.16. The van der Waals surface area contributed by atoms with Gasteiger partial charge in [0.1, 0.15) is 6.61 Å². The maximum atomic E-state index is 5.95. The molecule has 2 aromatic carbocycles. The number of ether oxygens (including phenoxy) is 2. The average Bonchev–Trinajstić information content (AvgIpc) is 2.94. The summed E-state index contributed by atoms with van der Waals surface area (Å²) in [5, 5.41) is 1.20. The number of H-pyrrole nitrogens is 1. The second kappa shape index (κ2) is 5.92. The number of fused-ring (bicyclic) bond motifs is 1. The highest BCUT2D eigenvalue weighted by molar-refractivity contribution is 5.86. The summed E-state index contributed by atoms with van der Waals surface area (Å²) < 4.78 is 11.4. The Labute approximate surface area is 124 Å². The van der Waals surface area contributed by atoms with Crippen LogP contribution in [-0.4, -0.2) is 12.1 Å². The van der Waals surface area contributed by atoms with E-state index in [2.05, 4.69) is 30.1 Å². The summed E-state index contributed by atoms with van der Waals surface area (Å²) in [6.07, 6.45) is 3.04. The van der Waals surface area contributed by atoms with Gasteiger partial charge in [0.05, 0.1) is 7.11 Å². The second-order valence-corrected chi connectivity index (χ2v) is 4.99. The Bertz CT molecular complexity index is 732. The fraction of sp³-hybridized carbons (Fsp3) is 0.222. The maximum absolute atomic E-state index is 5.95. The largest absolute Gasteiger partial charge is 0.493 e. The number of aromatic nitrogens is 1. The van der Waals surface area contributed by atoms with E-state index in [9.17, 15) is 0 Å². The number of methoxy groups -OCH3 is 1. The van der Waals surface area contributed by atoms with Crippen LogP contribution in [0.25, 0.3) is 10.9 Å². The van der Waals surface area contributed by atoms with Crippen molar-refractivity contribution in [2.75, 3.05) is 7.11 Å². The van der Waals surface area contributed by atoms with Gasteiger partial charge in [-0.3, -0.25) is 0 Å². The molecule has 3 aromatic rings. The van der Waals surface area contributed by atoms with Crippen molar-refractivity contribution in [3.63, 3.8) is 0 Å². The molecule has 1 heterocycles. The van der Waals surface area contributed by atoms with Gasteiger partial charge in [0.25, 0.3) is 0 Å². The molecule has 0 spiro atoms. The van der Waals surface area contributed by atoms with Crippen LogP contribution in [0, 0.1) is 0 Å². The van der Waals surface area contributed by atoms with Crippen LogP contribution >= 0.6 is 0 Å². The average molecular weight is 281 g/mol. The number of rotatable bonds is 5. The number of hydrogen-bond donors (Lipinski definition) is 1. The molecule has 0 aliphatic rings. The van der Waals surface area contributed by atoms with Gasteiger partial charge in [0.2, 0.25) is 0 Å². The SMILES string of the molecule is CCc1c[nH]c2cc(OC)c(OCc3ccccc3)cc12. The van der Waals surface area contributed by atoms with Crippen molar-refractivity contribution in [1.82, 2.24) is 4.98 Å². The lowest BCUT2D eigenvalue weighted by Gasteiger charge is -2.11. The van der Waals surface area contributed by atoms with E-state index in [0.717, 1.165) is 29.0 Å². The highest BCUT2D eigenvalue weighted by Crippen LogP contribution is 2.34.